The molecule has 1 atom stereocenters. The fraction of sp³-hybridized carbons (Fsp3) is 0.500. The number of furan rings is 1. The summed E-state index contributed by atoms with van der Waals surface area (Å²) in [5, 5.41) is 4.31. The van der Waals surface area contributed by atoms with Gasteiger partial charge < -0.3 is 14.6 Å². The fourth-order valence-electron chi connectivity index (χ4n) is 2.27. The second-order valence-corrected chi connectivity index (χ2v) is 5.41. The predicted octanol–water partition coefficient (Wildman–Crippen LogP) is 3.56. The van der Waals surface area contributed by atoms with Crippen LogP contribution < -0.4 is 5.32 Å². The first-order valence-electron chi connectivity index (χ1n) is 7.18. The van der Waals surface area contributed by atoms with E-state index in [-0.39, 0.29) is 11.9 Å². The van der Waals surface area contributed by atoms with E-state index in [0.717, 1.165) is 37.1 Å². The van der Waals surface area contributed by atoms with Gasteiger partial charge >= 0.3 is 0 Å². The Balaban J connectivity index is 2.22. The maximum atomic E-state index is 13.7. The Kier molecular flexibility index (Phi) is 5.15. The number of fused-ring (bicyclic) bond motifs is 1. The van der Waals surface area contributed by atoms with Crippen LogP contribution in [0.1, 0.15) is 31.6 Å². The first-order chi connectivity index (χ1) is 9.61. The van der Waals surface area contributed by atoms with Crippen molar-refractivity contribution < 1.29 is 8.81 Å². The van der Waals surface area contributed by atoms with Gasteiger partial charge in [-0.2, -0.15) is 0 Å². The zero-order valence-corrected chi connectivity index (χ0v) is 12.4. The molecule has 1 heterocycles. The van der Waals surface area contributed by atoms with Crippen LogP contribution in [0.15, 0.2) is 28.7 Å². The molecule has 1 aromatic heterocycles. The molecule has 0 spiro atoms. The second kappa shape index (κ2) is 6.86. The lowest BCUT2D eigenvalue weighted by molar-refractivity contribution is 0.336. The molecule has 1 aromatic carbocycles. The van der Waals surface area contributed by atoms with E-state index in [1.165, 1.54) is 6.07 Å². The van der Waals surface area contributed by atoms with Gasteiger partial charge in [-0.1, -0.05) is 19.1 Å². The summed E-state index contributed by atoms with van der Waals surface area (Å²) in [6, 6.07) is 7.11. The molecule has 0 saturated carbocycles. The van der Waals surface area contributed by atoms with Gasteiger partial charge in [0.2, 0.25) is 0 Å². The van der Waals surface area contributed by atoms with Gasteiger partial charge in [0.25, 0.3) is 0 Å². The number of benzene rings is 1. The minimum atomic E-state index is -0.296. The molecule has 2 aromatic rings. The molecule has 4 heteroatoms. The molecule has 1 unspecified atom stereocenters. The van der Waals surface area contributed by atoms with E-state index in [0.29, 0.717) is 5.58 Å². The van der Waals surface area contributed by atoms with E-state index < -0.39 is 0 Å². The van der Waals surface area contributed by atoms with Crippen molar-refractivity contribution in [3.63, 3.8) is 0 Å². The van der Waals surface area contributed by atoms with Crippen LogP contribution in [0.5, 0.6) is 0 Å². The van der Waals surface area contributed by atoms with Crippen LogP contribution in [0.3, 0.4) is 0 Å². The zero-order valence-electron chi connectivity index (χ0n) is 12.4. The van der Waals surface area contributed by atoms with Crippen molar-refractivity contribution in [1.29, 1.82) is 0 Å². The summed E-state index contributed by atoms with van der Waals surface area (Å²) in [6.45, 7) is 4.02. The number of halogens is 1. The maximum Gasteiger partial charge on any atom is 0.169 e. The van der Waals surface area contributed by atoms with Gasteiger partial charge in [0, 0.05) is 5.39 Å². The molecule has 2 rings (SSSR count). The molecule has 0 amide bonds. The van der Waals surface area contributed by atoms with E-state index in [4.69, 9.17) is 4.42 Å². The lowest BCUT2D eigenvalue weighted by Crippen LogP contribution is -2.26. The Labute approximate surface area is 119 Å². The van der Waals surface area contributed by atoms with E-state index in [1.807, 2.05) is 12.1 Å². The lowest BCUT2D eigenvalue weighted by Gasteiger charge is -2.18. The van der Waals surface area contributed by atoms with Gasteiger partial charge in [0.1, 0.15) is 5.76 Å². The average Bonchev–Trinajstić information content (AvgIpc) is 2.84. The summed E-state index contributed by atoms with van der Waals surface area (Å²) < 4.78 is 19.4. The Hall–Kier alpha value is -1.39. The number of nitrogens with one attached hydrogen (secondary N) is 1. The summed E-state index contributed by atoms with van der Waals surface area (Å²) in [4.78, 5) is 2.14. The molecule has 0 aliphatic carbocycles. The molecule has 3 nitrogen and oxygen atoms in total. The SMILES string of the molecule is CCCNC(CCN(C)C)c1cc2cccc(F)c2o1. The van der Waals surface area contributed by atoms with Crippen molar-refractivity contribution in [2.45, 2.75) is 25.8 Å². The topological polar surface area (TPSA) is 28.4 Å². The Morgan fingerprint density at radius 1 is 1.35 bits per heavy atom. The monoisotopic (exact) mass is 278 g/mol. The maximum absolute atomic E-state index is 13.7. The highest BCUT2D eigenvalue weighted by Gasteiger charge is 2.17. The van der Waals surface area contributed by atoms with Crippen LogP contribution >= 0.6 is 0 Å². The first kappa shape index (κ1) is 15.0. The highest BCUT2D eigenvalue weighted by molar-refractivity contribution is 5.78. The zero-order chi connectivity index (χ0) is 14.5. The van der Waals surface area contributed by atoms with Crippen LogP contribution in [0.25, 0.3) is 11.0 Å². The first-order valence-corrected chi connectivity index (χ1v) is 7.18. The van der Waals surface area contributed by atoms with Gasteiger partial charge in [-0.15, -0.1) is 0 Å². The Morgan fingerprint density at radius 3 is 2.80 bits per heavy atom. The molecule has 1 N–H and O–H groups in total. The molecular weight excluding hydrogens is 255 g/mol. The number of nitrogens with zero attached hydrogens (tertiary/aromatic N) is 1. The van der Waals surface area contributed by atoms with Gasteiger partial charge in [-0.25, -0.2) is 4.39 Å². The predicted molar refractivity (Wildman–Crippen MR) is 80.4 cm³/mol. The van der Waals surface area contributed by atoms with Crippen LogP contribution in [0, 0.1) is 5.82 Å². The normalized spacial score (nSPS) is 13.2. The minimum absolute atomic E-state index is 0.129. The van der Waals surface area contributed by atoms with E-state index in [2.05, 4.69) is 31.2 Å². The van der Waals surface area contributed by atoms with Gasteiger partial charge in [-0.05, 0) is 52.2 Å². The van der Waals surface area contributed by atoms with Crippen molar-refractivity contribution in [3.8, 4) is 0 Å². The van der Waals surface area contributed by atoms with E-state index in [1.54, 1.807) is 6.07 Å². The van der Waals surface area contributed by atoms with Gasteiger partial charge in [0.15, 0.2) is 11.4 Å². The van der Waals surface area contributed by atoms with Crippen molar-refractivity contribution in [1.82, 2.24) is 10.2 Å². The molecule has 0 radical (unpaired) electrons. The quantitative estimate of drug-likeness (QED) is 0.839. The summed E-state index contributed by atoms with van der Waals surface area (Å²) >= 11 is 0. The molecule has 0 aliphatic heterocycles. The highest BCUT2D eigenvalue weighted by Crippen LogP contribution is 2.27. The third-order valence-electron chi connectivity index (χ3n) is 3.36. The van der Waals surface area contributed by atoms with Gasteiger partial charge in [0.05, 0.1) is 6.04 Å². The van der Waals surface area contributed by atoms with Gasteiger partial charge in [-0.3, -0.25) is 0 Å². The summed E-state index contributed by atoms with van der Waals surface area (Å²) in [5.41, 5.74) is 0.357. The average molecular weight is 278 g/mol. The van der Waals surface area contributed by atoms with Crippen molar-refractivity contribution in [2.24, 2.45) is 0 Å². The number of rotatable bonds is 7. The van der Waals surface area contributed by atoms with E-state index >= 15 is 0 Å². The van der Waals surface area contributed by atoms with Crippen LogP contribution in [-0.4, -0.2) is 32.1 Å². The van der Waals surface area contributed by atoms with Crippen LogP contribution in [0.2, 0.25) is 0 Å². The lowest BCUT2D eigenvalue weighted by atomic mass is 10.1. The number of hydrogen-bond donors (Lipinski definition) is 1. The molecule has 0 saturated heterocycles. The van der Waals surface area contributed by atoms with E-state index in [9.17, 15) is 4.39 Å². The van der Waals surface area contributed by atoms with Crippen LogP contribution in [-0.2, 0) is 0 Å². The van der Waals surface area contributed by atoms with Crippen molar-refractivity contribution in [3.05, 3.63) is 35.8 Å². The second-order valence-electron chi connectivity index (χ2n) is 5.41. The largest absolute Gasteiger partial charge is 0.456 e. The van der Waals surface area contributed by atoms with Crippen molar-refractivity contribution >= 4 is 11.0 Å². The molecule has 0 fully saturated rings. The van der Waals surface area contributed by atoms with Crippen LogP contribution in [0.4, 0.5) is 4.39 Å². The third-order valence-corrected chi connectivity index (χ3v) is 3.36. The summed E-state index contributed by atoms with van der Waals surface area (Å²) in [6.07, 6.45) is 2.00. The van der Waals surface area contributed by atoms with Crippen molar-refractivity contribution in [2.75, 3.05) is 27.2 Å². The number of para-hydroxylation sites is 1. The molecule has 0 bridgehead atoms. The number of hydrogen-bond acceptors (Lipinski definition) is 3. The third kappa shape index (κ3) is 3.58. The standard InChI is InChI=1S/C16H23FN2O/c1-4-9-18-14(8-10-19(2)3)15-11-12-6-5-7-13(17)16(12)20-15/h5-7,11,14,18H,4,8-10H2,1-3H3. The summed E-state index contributed by atoms with van der Waals surface area (Å²) in [5.74, 6) is 0.524. The Morgan fingerprint density at radius 2 is 2.15 bits per heavy atom. The fourth-order valence-corrected chi connectivity index (χ4v) is 2.27. The highest BCUT2D eigenvalue weighted by atomic mass is 19.1. The molecule has 20 heavy (non-hydrogen) atoms. The molecular formula is C16H23FN2O. The minimum Gasteiger partial charge on any atom is -0.456 e. The molecule has 110 valence electrons. The Bertz CT molecular complexity index is 550. The summed E-state index contributed by atoms with van der Waals surface area (Å²) in [7, 11) is 4.10. The smallest absolute Gasteiger partial charge is 0.169 e. The molecule has 0 aliphatic rings.